The number of halogens is 3. The van der Waals surface area contributed by atoms with E-state index in [0.717, 1.165) is 11.3 Å². The van der Waals surface area contributed by atoms with Gasteiger partial charge in [-0.15, -0.1) is 0 Å². The lowest BCUT2D eigenvalue weighted by atomic mass is 10.2. The van der Waals surface area contributed by atoms with Gasteiger partial charge in [-0.3, -0.25) is 0 Å². The minimum atomic E-state index is 0.335. The van der Waals surface area contributed by atoms with Gasteiger partial charge in [-0.05, 0) is 42.5 Å². The lowest BCUT2D eigenvalue weighted by Crippen LogP contribution is -2.07. The van der Waals surface area contributed by atoms with Crippen LogP contribution >= 0.6 is 34.8 Å². The molecule has 26 heavy (non-hydrogen) atoms. The van der Waals surface area contributed by atoms with Gasteiger partial charge >= 0.3 is 0 Å². The number of hydrogen-bond donors (Lipinski definition) is 0. The van der Waals surface area contributed by atoms with Gasteiger partial charge in [0.25, 0.3) is 0 Å². The Morgan fingerprint density at radius 1 is 1.00 bits per heavy atom. The van der Waals surface area contributed by atoms with E-state index in [4.69, 9.17) is 44.3 Å². The van der Waals surface area contributed by atoms with Crippen molar-refractivity contribution in [2.75, 3.05) is 13.2 Å². The molecule has 0 spiro atoms. The molecule has 134 valence electrons. The van der Waals surface area contributed by atoms with Crippen LogP contribution in [0.1, 0.15) is 5.56 Å². The number of hydrogen-bond acceptors (Lipinski definition) is 3. The van der Waals surface area contributed by atoms with E-state index in [9.17, 15) is 0 Å². The van der Waals surface area contributed by atoms with Gasteiger partial charge in [0.2, 0.25) is 0 Å². The van der Waals surface area contributed by atoms with Crippen molar-refractivity contribution in [2.45, 2.75) is 0 Å². The molecule has 0 radical (unpaired) electrons. The third kappa shape index (κ3) is 5.18. The van der Waals surface area contributed by atoms with Crippen molar-refractivity contribution in [3.8, 4) is 5.75 Å². The number of rotatable bonds is 7. The van der Waals surface area contributed by atoms with Gasteiger partial charge in [0.15, 0.2) is 0 Å². The van der Waals surface area contributed by atoms with Crippen LogP contribution in [0.25, 0.3) is 12.0 Å². The molecule has 1 aromatic heterocycles. The van der Waals surface area contributed by atoms with Crippen LogP contribution in [0.3, 0.4) is 0 Å². The molecule has 0 N–H and O–H groups in total. The molecule has 0 amide bonds. The molecule has 0 saturated carbocycles. The summed E-state index contributed by atoms with van der Waals surface area (Å²) >= 11 is 18.2. The second-order valence-electron chi connectivity index (χ2n) is 5.28. The zero-order valence-corrected chi connectivity index (χ0v) is 15.9. The monoisotopic (exact) mass is 408 g/mol. The second-order valence-corrected chi connectivity index (χ2v) is 6.56. The molecule has 0 aliphatic heterocycles. The first-order chi connectivity index (χ1) is 12.6. The summed E-state index contributed by atoms with van der Waals surface area (Å²) in [5.74, 6) is 1.31. The van der Waals surface area contributed by atoms with Crippen molar-refractivity contribution >= 4 is 46.8 Å². The van der Waals surface area contributed by atoms with Crippen molar-refractivity contribution in [1.82, 2.24) is 9.55 Å². The highest BCUT2D eigenvalue weighted by Crippen LogP contribution is 2.28. The van der Waals surface area contributed by atoms with E-state index < -0.39 is 0 Å². The minimum absolute atomic E-state index is 0.335. The molecule has 4 nitrogen and oxygen atoms in total. The maximum absolute atomic E-state index is 6.31. The zero-order chi connectivity index (χ0) is 18.4. The average Bonchev–Trinajstić information content (AvgIpc) is 3.12. The molecule has 0 bridgehead atoms. The van der Waals surface area contributed by atoms with Crippen LogP contribution in [0.4, 0.5) is 0 Å². The predicted molar refractivity (Wildman–Crippen MR) is 106 cm³/mol. The molecule has 3 aromatic rings. The largest absolute Gasteiger partial charge is 0.490 e. The molecule has 1 heterocycles. The van der Waals surface area contributed by atoms with Gasteiger partial charge in [-0.25, -0.2) is 4.98 Å². The van der Waals surface area contributed by atoms with Crippen LogP contribution in [0.2, 0.25) is 15.1 Å². The van der Waals surface area contributed by atoms with Gasteiger partial charge in [0, 0.05) is 28.0 Å². The number of benzene rings is 2. The Balaban J connectivity index is 1.69. The van der Waals surface area contributed by atoms with E-state index in [2.05, 4.69) is 4.98 Å². The highest BCUT2D eigenvalue weighted by Gasteiger charge is 2.10. The lowest BCUT2D eigenvalue weighted by molar-refractivity contribution is 0.195. The molecule has 0 saturated heterocycles. The highest BCUT2D eigenvalue weighted by atomic mass is 35.5. The Hall–Kier alpha value is -2.14. The lowest BCUT2D eigenvalue weighted by Gasteiger charge is -2.13. The number of imidazole rings is 1. The fourth-order valence-electron chi connectivity index (χ4n) is 2.20. The van der Waals surface area contributed by atoms with Crippen molar-refractivity contribution in [2.24, 2.45) is 0 Å². The van der Waals surface area contributed by atoms with E-state index in [1.165, 1.54) is 0 Å². The van der Waals surface area contributed by atoms with E-state index in [-0.39, 0.29) is 0 Å². The van der Waals surface area contributed by atoms with Gasteiger partial charge in [-0.1, -0.05) is 34.8 Å². The minimum Gasteiger partial charge on any atom is -0.490 e. The van der Waals surface area contributed by atoms with Gasteiger partial charge in [-0.2, -0.15) is 0 Å². The van der Waals surface area contributed by atoms with Crippen LogP contribution in [0.5, 0.6) is 5.75 Å². The van der Waals surface area contributed by atoms with Crippen LogP contribution < -0.4 is 4.74 Å². The molecule has 0 atom stereocenters. The molecule has 7 heteroatoms. The van der Waals surface area contributed by atoms with Crippen LogP contribution in [0.15, 0.2) is 61.2 Å². The van der Waals surface area contributed by atoms with Crippen molar-refractivity contribution < 1.29 is 9.47 Å². The zero-order valence-electron chi connectivity index (χ0n) is 13.6. The smallest absolute Gasteiger partial charge is 0.144 e. The molecule has 0 fully saturated rings. The summed E-state index contributed by atoms with van der Waals surface area (Å²) in [4.78, 5) is 4.02. The van der Waals surface area contributed by atoms with E-state index in [1.807, 2.05) is 6.07 Å². The topological polar surface area (TPSA) is 36.3 Å². The van der Waals surface area contributed by atoms with E-state index in [0.29, 0.717) is 34.0 Å². The van der Waals surface area contributed by atoms with Crippen molar-refractivity contribution in [3.63, 3.8) is 0 Å². The fourth-order valence-corrected chi connectivity index (χ4v) is 2.82. The Morgan fingerprint density at radius 3 is 2.46 bits per heavy atom. The number of ether oxygens (including phenoxy) is 2. The highest BCUT2D eigenvalue weighted by molar-refractivity contribution is 6.35. The molecule has 3 rings (SSSR count). The summed E-state index contributed by atoms with van der Waals surface area (Å²) in [6.45, 7) is 0.705. The SMILES string of the molecule is Clc1ccc(OCCO/C(=C/n2ccnc2)c2ccc(Cl)cc2Cl)cc1. The van der Waals surface area contributed by atoms with Crippen molar-refractivity contribution in [3.05, 3.63) is 81.8 Å². The average molecular weight is 410 g/mol. The van der Waals surface area contributed by atoms with Gasteiger partial charge < -0.3 is 14.0 Å². The quantitative estimate of drug-likeness (QED) is 0.360. The fraction of sp³-hybridized carbons (Fsp3) is 0.105. The summed E-state index contributed by atoms with van der Waals surface area (Å²) in [6.07, 6.45) is 6.94. The maximum Gasteiger partial charge on any atom is 0.144 e. The van der Waals surface area contributed by atoms with Crippen LogP contribution in [-0.4, -0.2) is 22.8 Å². The summed E-state index contributed by atoms with van der Waals surface area (Å²) in [5, 5.41) is 1.73. The standard InChI is InChI=1S/C19H15Cl3N2O2/c20-14-1-4-16(5-2-14)25-9-10-26-19(12-24-8-7-23-13-24)17-6-3-15(21)11-18(17)22/h1-8,11-13H,9-10H2/b19-12+. The van der Waals surface area contributed by atoms with Crippen LogP contribution in [-0.2, 0) is 4.74 Å². The molecule has 2 aromatic carbocycles. The first kappa shape index (κ1) is 18.6. The van der Waals surface area contributed by atoms with Crippen molar-refractivity contribution in [1.29, 1.82) is 0 Å². The predicted octanol–water partition coefficient (Wildman–Crippen LogP) is 5.89. The van der Waals surface area contributed by atoms with Gasteiger partial charge in [0.1, 0.15) is 24.7 Å². The summed E-state index contributed by atoms with van der Waals surface area (Å²) in [7, 11) is 0. The molecule has 0 aliphatic carbocycles. The third-order valence-corrected chi connectivity index (χ3v) is 4.21. The third-order valence-electron chi connectivity index (χ3n) is 3.41. The Morgan fingerprint density at radius 2 is 1.77 bits per heavy atom. The Labute approximate surface area is 166 Å². The Kier molecular flexibility index (Phi) is 6.45. The maximum atomic E-state index is 6.31. The normalized spacial score (nSPS) is 11.4. The van der Waals surface area contributed by atoms with Crippen LogP contribution in [0, 0.1) is 0 Å². The molecular formula is C19H15Cl3N2O2. The Bertz CT molecular complexity index is 878. The van der Waals surface area contributed by atoms with E-state index in [1.54, 1.807) is 65.9 Å². The molecule has 0 aliphatic rings. The van der Waals surface area contributed by atoms with E-state index >= 15 is 0 Å². The molecular weight excluding hydrogens is 395 g/mol. The summed E-state index contributed by atoms with van der Waals surface area (Å²) in [5.41, 5.74) is 0.733. The summed E-state index contributed by atoms with van der Waals surface area (Å²) < 4.78 is 13.3. The number of nitrogens with zero attached hydrogens (tertiary/aromatic N) is 2. The first-order valence-electron chi connectivity index (χ1n) is 7.77. The first-order valence-corrected chi connectivity index (χ1v) is 8.91. The molecule has 0 unspecified atom stereocenters. The summed E-state index contributed by atoms with van der Waals surface area (Å²) in [6, 6.07) is 12.4. The van der Waals surface area contributed by atoms with Gasteiger partial charge in [0.05, 0.1) is 17.5 Å². The number of aromatic nitrogens is 2. The second kappa shape index (κ2) is 8.99.